The molecule has 166 valence electrons. The fourth-order valence-corrected chi connectivity index (χ4v) is 5.82. The number of benzene rings is 4. The third-order valence-corrected chi connectivity index (χ3v) is 7.18. The molecule has 0 spiro atoms. The molecule has 0 saturated heterocycles. The summed E-state index contributed by atoms with van der Waals surface area (Å²) in [4.78, 5) is 2.34. The van der Waals surface area contributed by atoms with E-state index in [4.69, 9.17) is 0 Å². The van der Waals surface area contributed by atoms with Gasteiger partial charge in [0.1, 0.15) is 0 Å². The van der Waals surface area contributed by atoms with Crippen LogP contribution in [0.25, 0.3) is 11.1 Å². The molecule has 1 aliphatic rings. The van der Waals surface area contributed by atoms with Crippen LogP contribution in [0.5, 0.6) is 0 Å². The molecular weight excluding hydrogens is 398 g/mol. The van der Waals surface area contributed by atoms with E-state index < -0.39 is 0 Å². The van der Waals surface area contributed by atoms with Crippen LogP contribution in [-0.4, -0.2) is 0 Å². The van der Waals surface area contributed by atoms with Crippen LogP contribution in [0.2, 0.25) is 0 Å². The molecule has 4 aromatic rings. The smallest absolute Gasteiger partial charge is 0.0467 e. The Labute approximate surface area is 198 Å². The van der Waals surface area contributed by atoms with Crippen molar-refractivity contribution >= 4 is 17.1 Å². The lowest BCUT2D eigenvalue weighted by Crippen LogP contribution is -2.17. The lowest BCUT2D eigenvalue weighted by atomic mass is 9.82. The molecule has 1 nitrogen and oxygen atoms in total. The van der Waals surface area contributed by atoms with Gasteiger partial charge in [0.15, 0.2) is 0 Å². The van der Waals surface area contributed by atoms with Crippen LogP contribution in [0.4, 0.5) is 17.1 Å². The van der Waals surface area contributed by atoms with E-state index in [0.29, 0.717) is 0 Å². The SMILES string of the molecule is Cc1ccc(N(c2ccccc2)c2ccccc2)cc1-c1ccc2c(c1)C(C)(C)CC2(C)C. The first-order valence-corrected chi connectivity index (χ1v) is 11.9. The lowest BCUT2D eigenvalue weighted by molar-refractivity contribution is 0.403. The highest BCUT2D eigenvalue weighted by atomic mass is 15.1. The van der Waals surface area contributed by atoms with Crippen molar-refractivity contribution in [3.63, 3.8) is 0 Å². The predicted molar refractivity (Wildman–Crippen MR) is 142 cm³/mol. The average molecular weight is 432 g/mol. The van der Waals surface area contributed by atoms with Crippen molar-refractivity contribution in [3.8, 4) is 11.1 Å². The van der Waals surface area contributed by atoms with E-state index in [-0.39, 0.29) is 10.8 Å². The van der Waals surface area contributed by atoms with E-state index in [1.54, 1.807) is 0 Å². The zero-order chi connectivity index (χ0) is 23.2. The Hall–Kier alpha value is -3.32. The molecule has 0 aliphatic heterocycles. The fraction of sp³-hybridized carbons (Fsp3) is 0.250. The van der Waals surface area contributed by atoms with Crippen LogP contribution in [-0.2, 0) is 10.8 Å². The number of rotatable bonds is 4. The van der Waals surface area contributed by atoms with Crippen LogP contribution in [0, 0.1) is 6.92 Å². The summed E-state index contributed by atoms with van der Waals surface area (Å²) < 4.78 is 0. The first kappa shape index (κ1) is 21.5. The first-order valence-electron chi connectivity index (χ1n) is 11.9. The van der Waals surface area contributed by atoms with E-state index in [9.17, 15) is 0 Å². The third kappa shape index (κ3) is 3.86. The van der Waals surface area contributed by atoms with Gasteiger partial charge >= 0.3 is 0 Å². The summed E-state index contributed by atoms with van der Waals surface area (Å²) >= 11 is 0. The van der Waals surface area contributed by atoms with Crippen molar-refractivity contribution < 1.29 is 0 Å². The third-order valence-electron chi connectivity index (χ3n) is 7.18. The molecule has 0 saturated carbocycles. The zero-order valence-corrected chi connectivity index (χ0v) is 20.4. The fourth-order valence-electron chi connectivity index (χ4n) is 5.82. The van der Waals surface area contributed by atoms with E-state index >= 15 is 0 Å². The molecule has 5 rings (SSSR count). The van der Waals surface area contributed by atoms with Gasteiger partial charge in [0.05, 0.1) is 0 Å². The summed E-state index contributed by atoms with van der Waals surface area (Å²) in [6.45, 7) is 11.8. The predicted octanol–water partition coefficient (Wildman–Crippen LogP) is 9.09. The van der Waals surface area contributed by atoms with Crippen molar-refractivity contribution in [2.75, 3.05) is 4.90 Å². The summed E-state index contributed by atoms with van der Waals surface area (Å²) in [5.41, 5.74) is 10.8. The second-order valence-corrected chi connectivity index (χ2v) is 10.7. The highest BCUT2D eigenvalue weighted by Gasteiger charge is 2.41. The molecule has 0 amide bonds. The minimum absolute atomic E-state index is 0.195. The molecule has 1 heteroatoms. The van der Waals surface area contributed by atoms with Gasteiger partial charge in [-0.15, -0.1) is 0 Å². The zero-order valence-electron chi connectivity index (χ0n) is 20.4. The number of hydrogen-bond acceptors (Lipinski definition) is 1. The molecule has 0 atom stereocenters. The Morgan fingerprint density at radius 1 is 0.576 bits per heavy atom. The second kappa shape index (κ2) is 7.92. The minimum Gasteiger partial charge on any atom is -0.310 e. The maximum atomic E-state index is 2.45. The highest BCUT2D eigenvalue weighted by Crippen LogP contribution is 2.50. The molecule has 33 heavy (non-hydrogen) atoms. The number of anilines is 3. The first-order chi connectivity index (χ1) is 15.8. The molecule has 0 N–H and O–H groups in total. The van der Waals surface area contributed by atoms with Gasteiger partial charge in [-0.1, -0.05) is 88.4 Å². The van der Waals surface area contributed by atoms with Crippen molar-refractivity contribution in [3.05, 3.63) is 114 Å². The highest BCUT2D eigenvalue weighted by molar-refractivity contribution is 5.81. The van der Waals surface area contributed by atoms with Gasteiger partial charge in [0.2, 0.25) is 0 Å². The van der Waals surface area contributed by atoms with E-state index in [1.807, 2.05) is 0 Å². The van der Waals surface area contributed by atoms with Crippen molar-refractivity contribution in [2.24, 2.45) is 0 Å². The standard InChI is InChI=1S/C32H33N/c1-23-16-18-27(33(25-12-8-6-9-13-25)26-14-10-7-11-15-26)21-28(23)24-17-19-29-30(20-24)32(4,5)22-31(29,2)3/h6-21H,22H2,1-5H3. The average Bonchev–Trinajstić information content (AvgIpc) is 2.99. The van der Waals surface area contributed by atoms with Gasteiger partial charge in [-0.3, -0.25) is 0 Å². The molecule has 0 bridgehead atoms. The molecule has 0 aromatic heterocycles. The van der Waals surface area contributed by atoms with Gasteiger partial charge in [-0.2, -0.15) is 0 Å². The van der Waals surface area contributed by atoms with E-state index in [1.165, 1.54) is 39.9 Å². The van der Waals surface area contributed by atoms with Gasteiger partial charge in [-0.25, -0.2) is 0 Å². The van der Waals surface area contributed by atoms with Gasteiger partial charge in [0, 0.05) is 17.1 Å². The normalized spacial score (nSPS) is 15.8. The van der Waals surface area contributed by atoms with Gasteiger partial charge in [0.25, 0.3) is 0 Å². The summed E-state index contributed by atoms with van der Waals surface area (Å²) in [7, 11) is 0. The summed E-state index contributed by atoms with van der Waals surface area (Å²) in [6.07, 6.45) is 1.19. The van der Waals surface area contributed by atoms with Crippen LogP contribution < -0.4 is 4.90 Å². The van der Waals surface area contributed by atoms with Crippen LogP contribution in [0.3, 0.4) is 0 Å². The van der Waals surface area contributed by atoms with Crippen molar-refractivity contribution in [2.45, 2.75) is 51.9 Å². The maximum absolute atomic E-state index is 2.45. The van der Waals surface area contributed by atoms with Crippen LogP contribution in [0.15, 0.2) is 97.1 Å². The Morgan fingerprint density at radius 3 is 1.76 bits per heavy atom. The summed E-state index contributed by atoms with van der Waals surface area (Å²) in [6, 6.07) is 35.2. The molecule has 0 radical (unpaired) electrons. The number of fused-ring (bicyclic) bond motifs is 1. The Morgan fingerprint density at radius 2 is 1.15 bits per heavy atom. The summed E-state index contributed by atoms with van der Waals surface area (Å²) in [5.74, 6) is 0. The largest absolute Gasteiger partial charge is 0.310 e. The molecule has 0 fully saturated rings. The quantitative estimate of drug-likeness (QED) is 0.311. The molecule has 0 heterocycles. The molecule has 4 aromatic carbocycles. The second-order valence-electron chi connectivity index (χ2n) is 10.7. The topological polar surface area (TPSA) is 3.24 Å². The van der Waals surface area contributed by atoms with Crippen LogP contribution in [0.1, 0.15) is 50.8 Å². The van der Waals surface area contributed by atoms with Crippen LogP contribution >= 0.6 is 0 Å². The Balaban J connectivity index is 1.65. The van der Waals surface area contributed by atoms with E-state index in [2.05, 4.69) is 137 Å². The van der Waals surface area contributed by atoms with E-state index in [0.717, 1.165) is 11.4 Å². The minimum atomic E-state index is 0.195. The van der Waals surface area contributed by atoms with Gasteiger partial charge in [-0.05, 0) is 88.4 Å². The number of para-hydroxylation sites is 2. The lowest BCUT2D eigenvalue weighted by Gasteiger charge is -2.26. The number of hydrogen-bond donors (Lipinski definition) is 0. The van der Waals surface area contributed by atoms with Crippen molar-refractivity contribution in [1.29, 1.82) is 0 Å². The Bertz CT molecular complexity index is 1240. The molecule has 1 aliphatic carbocycles. The summed E-state index contributed by atoms with van der Waals surface area (Å²) in [5, 5.41) is 0. The number of aryl methyl sites for hydroxylation is 1. The maximum Gasteiger partial charge on any atom is 0.0467 e. The molecule has 0 unspecified atom stereocenters. The van der Waals surface area contributed by atoms with Crippen molar-refractivity contribution in [1.82, 2.24) is 0 Å². The monoisotopic (exact) mass is 431 g/mol. The molecular formula is C32H33N. The van der Waals surface area contributed by atoms with Gasteiger partial charge < -0.3 is 4.90 Å². The number of nitrogens with zero attached hydrogens (tertiary/aromatic N) is 1. The Kier molecular flexibility index (Phi) is 5.16.